The third-order valence-electron chi connectivity index (χ3n) is 1.36. The van der Waals surface area contributed by atoms with Gasteiger partial charge in [-0.25, -0.2) is 0 Å². The fraction of sp³-hybridized carbons (Fsp3) is 0.500. The highest BCUT2D eigenvalue weighted by Gasteiger charge is 2.02. The second-order valence-corrected chi connectivity index (χ2v) is 3.42. The highest BCUT2D eigenvalue weighted by atomic mass is 32.1. The van der Waals surface area contributed by atoms with Crippen molar-refractivity contribution in [1.29, 1.82) is 0 Å². The molecule has 0 spiro atoms. The van der Waals surface area contributed by atoms with E-state index in [-0.39, 0.29) is 6.61 Å². The number of aliphatic hydroxyl groups is 1. The molecule has 1 heterocycles. The molecule has 1 aromatic heterocycles. The molecule has 0 aliphatic carbocycles. The van der Waals surface area contributed by atoms with Crippen LogP contribution in [0.15, 0.2) is 12.7 Å². The van der Waals surface area contributed by atoms with E-state index in [9.17, 15) is 0 Å². The first-order chi connectivity index (χ1) is 6.36. The minimum absolute atomic E-state index is 0.0757. The van der Waals surface area contributed by atoms with Crippen LogP contribution in [0.4, 0.5) is 0 Å². The third kappa shape index (κ3) is 3.52. The summed E-state index contributed by atoms with van der Waals surface area (Å²) in [7, 11) is 0. The third-order valence-corrected chi connectivity index (χ3v) is 2.18. The SMILES string of the molecule is C=CCCCOc1nnc(CO)s1. The summed E-state index contributed by atoms with van der Waals surface area (Å²) in [5.74, 6) is 0. The molecule has 0 bridgehead atoms. The molecule has 4 nitrogen and oxygen atoms in total. The van der Waals surface area contributed by atoms with E-state index < -0.39 is 0 Å². The molecular formula is C8H12N2O2S. The van der Waals surface area contributed by atoms with Crippen LogP contribution in [-0.2, 0) is 6.61 Å². The topological polar surface area (TPSA) is 55.2 Å². The van der Waals surface area contributed by atoms with Crippen molar-refractivity contribution in [2.24, 2.45) is 0 Å². The quantitative estimate of drug-likeness (QED) is 0.556. The lowest BCUT2D eigenvalue weighted by Crippen LogP contribution is -1.95. The van der Waals surface area contributed by atoms with E-state index in [1.54, 1.807) is 0 Å². The molecule has 13 heavy (non-hydrogen) atoms. The molecule has 0 aliphatic rings. The molecule has 0 unspecified atom stereocenters. The zero-order valence-electron chi connectivity index (χ0n) is 7.27. The molecular weight excluding hydrogens is 188 g/mol. The van der Waals surface area contributed by atoms with Gasteiger partial charge in [0.2, 0.25) is 0 Å². The van der Waals surface area contributed by atoms with Crippen LogP contribution in [0.1, 0.15) is 17.8 Å². The molecule has 0 atom stereocenters. The van der Waals surface area contributed by atoms with Crippen molar-refractivity contribution in [2.45, 2.75) is 19.4 Å². The standard InChI is InChI=1S/C8H12N2O2S/c1-2-3-4-5-12-8-10-9-7(6-11)13-8/h2,11H,1,3-6H2. The molecule has 5 heteroatoms. The van der Waals surface area contributed by atoms with Crippen molar-refractivity contribution < 1.29 is 9.84 Å². The molecule has 1 N–H and O–H groups in total. The van der Waals surface area contributed by atoms with Crippen molar-refractivity contribution in [3.05, 3.63) is 17.7 Å². The molecule has 0 amide bonds. The fourth-order valence-corrected chi connectivity index (χ4v) is 1.32. The molecule has 0 radical (unpaired) electrons. The fourth-order valence-electron chi connectivity index (χ4n) is 0.748. The molecule has 1 aromatic rings. The molecule has 0 aliphatic heterocycles. The lowest BCUT2D eigenvalue weighted by atomic mass is 10.3. The highest BCUT2D eigenvalue weighted by Crippen LogP contribution is 2.17. The summed E-state index contributed by atoms with van der Waals surface area (Å²) in [5.41, 5.74) is 0. The predicted molar refractivity (Wildman–Crippen MR) is 50.8 cm³/mol. The van der Waals surface area contributed by atoms with E-state index >= 15 is 0 Å². The van der Waals surface area contributed by atoms with Gasteiger partial charge in [-0.1, -0.05) is 22.5 Å². The van der Waals surface area contributed by atoms with Crippen LogP contribution in [0.25, 0.3) is 0 Å². The maximum atomic E-state index is 8.70. The van der Waals surface area contributed by atoms with Crippen LogP contribution < -0.4 is 4.74 Å². The second-order valence-electron chi connectivity index (χ2n) is 2.40. The number of ether oxygens (including phenoxy) is 1. The summed E-state index contributed by atoms with van der Waals surface area (Å²) in [6, 6.07) is 0. The first-order valence-electron chi connectivity index (χ1n) is 4.03. The van der Waals surface area contributed by atoms with Crippen LogP contribution >= 0.6 is 11.3 Å². The maximum absolute atomic E-state index is 8.70. The molecule has 72 valence electrons. The summed E-state index contributed by atoms with van der Waals surface area (Å²) in [6.07, 6.45) is 3.71. The molecule has 0 saturated heterocycles. The zero-order chi connectivity index (χ0) is 9.52. The van der Waals surface area contributed by atoms with E-state index in [1.807, 2.05) is 6.08 Å². The highest BCUT2D eigenvalue weighted by molar-refractivity contribution is 7.13. The zero-order valence-corrected chi connectivity index (χ0v) is 8.09. The summed E-state index contributed by atoms with van der Waals surface area (Å²) in [4.78, 5) is 0. The Labute approximate surface area is 80.9 Å². The Morgan fingerprint density at radius 3 is 3.00 bits per heavy atom. The number of aromatic nitrogens is 2. The summed E-state index contributed by atoms with van der Waals surface area (Å²) < 4.78 is 5.28. The van der Waals surface area contributed by atoms with Crippen molar-refractivity contribution in [1.82, 2.24) is 10.2 Å². The number of rotatable bonds is 6. The minimum Gasteiger partial charge on any atom is -0.469 e. The van der Waals surface area contributed by atoms with Crippen LogP contribution in [0.2, 0.25) is 0 Å². The van der Waals surface area contributed by atoms with Crippen LogP contribution in [0, 0.1) is 0 Å². The Morgan fingerprint density at radius 2 is 2.38 bits per heavy atom. The van der Waals surface area contributed by atoms with E-state index in [0.29, 0.717) is 16.8 Å². The van der Waals surface area contributed by atoms with E-state index in [1.165, 1.54) is 11.3 Å². The van der Waals surface area contributed by atoms with Gasteiger partial charge in [-0.2, -0.15) is 0 Å². The van der Waals surface area contributed by atoms with Crippen molar-refractivity contribution in [2.75, 3.05) is 6.61 Å². The molecule has 1 rings (SSSR count). The number of hydrogen-bond acceptors (Lipinski definition) is 5. The van der Waals surface area contributed by atoms with Gasteiger partial charge >= 0.3 is 0 Å². The van der Waals surface area contributed by atoms with Gasteiger partial charge in [-0.3, -0.25) is 0 Å². The first kappa shape index (κ1) is 10.1. The van der Waals surface area contributed by atoms with E-state index in [2.05, 4.69) is 16.8 Å². The van der Waals surface area contributed by atoms with Crippen molar-refractivity contribution >= 4 is 11.3 Å². The van der Waals surface area contributed by atoms with E-state index in [4.69, 9.17) is 9.84 Å². The van der Waals surface area contributed by atoms with Gasteiger partial charge in [0.25, 0.3) is 5.19 Å². The van der Waals surface area contributed by atoms with Crippen LogP contribution in [0.5, 0.6) is 5.19 Å². The van der Waals surface area contributed by atoms with Gasteiger partial charge < -0.3 is 9.84 Å². The Morgan fingerprint density at radius 1 is 1.54 bits per heavy atom. The molecule has 0 saturated carbocycles. The smallest absolute Gasteiger partial charge is 0.294 e. The number of aliphatic hydroxyl groups excluding tert-OH is 1. The van der Waals surface area contributed by atoms with Gasteiger partial charge in [0, 0.05) is 0 Å². The van der Waals surface area contributed by atoms with Gasteiger partial charge in [0.05, 0.1) is 13.2 Å². The maximum Gasteiger partial charge on any atom is 0.294 e. The Kier molecular flexibility index (Phi) is 4.42. The summed E-state index contributed by atoms with van der Waals surface area (Å²) in [6.45, 7) is 4.15. The van der Waals surface area contributed by atoms with Crippen molar-refractivity contribution in [3.8, 4) is 5.19 Å². The molecule has 0 aromatic carbocycles. The lowest BCUT2D eigenvalue weighted by Gasteiger charge is -1.97. The Hall–Kier alpha value is -0.940. The largest absolute Gasteiger partial charge is 0.469 e. The average molecular weight is 200 g/mol. The van der Waals surface area contributed by atoms with Gasteiger partial charge in [-0.05, 0) is 12.8 Å². The van der Waals surface area contributed by atoms with E-state index in [0.717, 1.165) is 12.8 Å². The monoisotopic (exact) mass is 200 g/mol. The normalized spacial score (nSPS) is 9.92. The Bertz CT molecular complexity index is 262. The lowest BCUT2D eigenvalue weighted by molar-refractivity contribution is 0.280. The number of hydrogen-bond donors (Lipinski definition) is 1. The minimum atomic E-state index is -0.0757. The first-order valence-corrected chi connectivity index (χ1v) is 4.85. The number of unbranched alkanes of at least 4 members (excludes halogenated alkanes) is 1. The van der Waals surface area contributed by atoms with Gasteiger partial charge in [-0.15, -0.1) is 11.7 Å². The van der Waals surface area contributed by atoms with Crippen LogP contribution in [0.3, 0.4) is 0 Å². The summed E-state index contributed by atoms with van der Waals surface area (Å²) in [5, 5.41) is 17.3. The van der Waals surface area contributed by atoms with Crippen LogP contribution in [-0.4, -0.2) is 21.9 Å². The second kappa shape index (κ2) is 5.66. The molecule has 0 fully saturated rings. The number of nitrogens with zero attached hydrogens (tertiary/aromatic N) is 2. The Balaban J connectivity index is 2.24. The van der Waals surface area contributed by atoms with Gasteiger partial charge in [0.1, 0.15) is 5.01 Å². The number of allylic oxidation sites excluding steroid dienone is 1. The average Bonchev–Trinajstić information content (AvgIpc) is 2.60. The predicted octanol–water partition coefficient (Wildman–Crippen LogP) is 1.38. The van der Waals surface area contributed by atoms with Gasteiger partial charge in [0.15, 0.2) is 0 Å². The van der Waals surface area contributed by atoms with Crippen molar-refractivity contribution in [3.63, 3.8) is 0 Å². The summed E-state index contributed by atoms with van der Waals surface area (Å²) >= 11 is 1.27.